The van der Waals surface area contributed by atoms with Gasteiger partial charge in [-0.1, -0.05) is 0 Å². The molecule has 0 radical (unpaired) electrons. The summed E-state index contributed by atoms with van der Waals surface area (Å²) in [6.45, 7) is 1.20. The van der Waals surface area contributed by atoms with E-state index < -0.39 is 28.5 Å². The Bertz CT molecular complexity index is 879. The maximum atomic E-state index is 13.0. The third-order valence-corrected chi connectivity index (χ3v) is 3.80. The van der Waals surface area contributed by atoms with Crippen molar-refractivity contribution < 1.29 is 18.0 Å². The van der Waals surface area contributed by atoms with Crippen LogP contribution < -0.4 is 5.43 Å². The molecular formula is C14H9F3N2O2S. The van der Waals surface area contributed by atoms with Crippen LogP contribution >= 0.6 is 11.8 Å². The number of rotatable bonds is 2. The Hall–Kier alpha value is -2.27. The number of halogens is 3. The van der Waals surface area contributed by atoms with Gasteiger partial charge in [0, 0.05) is 5.39 Å². The van der Waals surface area contributed by atoms with E-state index >= 15 is 0 Å². The standard InChI is InChI=1S/C14H9F3N2O2S/c1-6(20)11-12(21)8-3-7(5-18)9(14(15,16)17)4-10(8)19-13(11)22-2/h3-4H,1-2H3,(H,19,21). The quantitative estimate of drug-likeness (QED) is 0.678. The lowest BCUT2D eigenvalue weighted by Crippen LogP contribution is -2.17. The van der Waals surface area contributed by atoms with E-state index in [0.29, 0.717) is 0 Å². The fourth-order valence-corrected chi connectivity index (χ4v) is 2.77. The minimum Gasteiger partial charge on any atom is -0.349 e. The predicted octanol–water partition coefficient (Wildman–Crippen LogP) is 3.34. The Morgan fingerprint density at radius 2 is 2.00 bits per heavy atom. The number of carbonyl (C=O) groups is 1. The van der Waals surface area contributed by atoms with Gasteiger partial charge in [-0.05, 0) is 25.3 Å². The highest BCUT2D eigenvalue weighted by atomic mass is 32.2. The number of carbonyl (C=O) groups excluding carboxylic acids is 1. The molecule has 0 aliphatic heterocycles. The molecule has 0 aliphatic rings. The van der Waals surface area contributed by atoms with E-state index in [9.17, 15) is 22.8 Å². The molecule has 0 amide bonds. The number of alkyl halides is 3. The summed E-state index contributed by atoms with van der Waals surface area (Å²) < 4.78 is 38.9. The summed E-state index contributed by atoms with van der Waals surface area (Å²) in [6.07, 6.45) is -3.12. The van der Waals surface area contributed by atoms with E-state index in [1.165, 1.54) is 13.0 Å². The molecule has 0 unspecified atom stereocenters. The molecule has 0 saturated heterocycles. The zero-order valence-electron chi connectivity index (χ0n) is 11.5. The normalized spacial score (nSPS) is 11.5. The van der Waals surface area contributed by atoms with E-state index in [2.05, 4.69) is 4.98 Å². The van der Waals surface area contributed by atoms with Gasteiger partial charge in [-0.15, -0.1) is 11.8 Å². The summed E-state index contributed by atoms with van der Waals surface area (Å²) in [4.78, 5) is 26.6. The molecule has 0 fully saturated rings. The lowest BCUT2D eigenvalue weighted by molar-refractivity contribution is -0.137. The Balaban J connectivity index is 2.98. The average molecular weight is 326 g/mol. The molecule has 114 valence electrons. The number of Topliss-reactive ketones (excluding diaryl/α,β-unsaturated/α-hetero) is 1. The topological polar surface area (TPSA) is 73.7 Å². The fourth-order valence-electron chi connectivity index (χ4n) is 2.11. The van der Waals surface area contributed by atoms with Crippen molar-refractivity contribution in [2.24, 2.45) is 0 Å². The first-order chi connectivity index (χ1) is 10.2. The lowest BCUT2D eigenvalue weighted by atomic mass is 10.0. The van der Waals surface area contributed by atoms with Gasteiger partial charge >= 0.3 is 6.18 Å². The Morgan fingerprint density at radius 1 is 1.36 bits per heavy atom. The number of nitrogens with one attached hydrogen (secondary N) is 1. The second kappa shape index (κ2) is 5.50. The second-order valence-electron chi connectivity index (χ2n) is 4.47. The van der Waals surface area contributed by atoms with Crippen molar-refractivity contribution >= 4 is 28.4 Å². The first-order valence-electron chi connectivity index (χ1n) is 5.97. The first-order valence-corrected chi connectivity index (χ1v) is 7.19. The van der Waals surface area contributed by atoms with Crippen LogP contribution in [0.25, 0.3) is 10.9 Å². The molecule has 0 spiro atoms. The molecule has 1 heterocycles. The van der Waals surface area contributed by atoms with Crippen molar-refractivity contribution in [1.82, 2.24) is 4.98 Å². The van der Waals surface area contributed by atoms with Crippen LogP contribution in [-0.4, -0.2) is 17.0 Å². The Kier molecular flexibility index (Phi) is 4.02. The number of benzene rings is 1. The molecule has 0 bridgehead atoms. The van der Waals surface area contributed by atoms with Crippen LogP contribution in [0, 0.1) is 11.3 Å². The second-order valence-corrected chi connectivity index (χ2v) is 5.29. The van der Waals surface area contributed by atoms with Crippen molar-refractivity contribution in [3.63, 3.8) is 0 Å². The van der Waals surface area contributed by atoms with Crippen LogP contribution in [0.15, 0.2) is 22.0 Å². The number of aromatic nitrogens is 1. The number of H-pyrrole nitrogens is 1. The molecule has 1 aromatic carbocycles. The van der Waals surface area contributed by atoms with Crippen molar-refractivity contribution in [2.45, 2.75) is 18.1 Å². The molecule has 1 N–H and O–H groups in total. The van der Waals surface area contributed by atoms with Gasteiger partial charge in [-0.25, -0.2) is 0 Å². The zero-order valence-corrected chi connectivity index (χ0v) is 12.3. The van der Waals surface area contributed by atoms with Gasteiger partial charge in [0.25, 0.3) is 0 Å². The predicted molar refractivity (Wildman–Crippen MR) is 76.1 cm³/mol. The number of thioether (sulfide) groups is 1. The van der Waals surface area contributed by atoms with Gasteiger partial charge < -0.3 is 4.98 Å². The molecular weight excluding hydrogens is 317 g/mol. The number of nitrogens with zero attached hydrogens (tertiary/aromatic N) is 1. The molecule has 2 aromatic rings. The van der Waals surface area contributed by atoms with Crippen LogP contribution in [-0.2, 0) is 6.18 Å². The molecule has 4 nitrogen and oxygen atoms in total. The van der Waals surface area contributed by atoms with Gasteiger partial charge in [-0.3, -0.25) is 9.59 Å². The van der Waals surface area contributed by atoms with E-state index in [-0.39, 0.29) is 21.5 Å². The molecule has 22 heavy (non-hydrogen) atoms. The number of fused-ring (bicyclic) bond motifs is 1. The molecule has 8 heteroatoms. The van der Waals surface area contributed by atoms with Crippen LogP contribution in [0.1, 0.15) is 28.4 Å². The average Bonchev–Trinajstić information content (AvgIpc) is 2.44. The van der Waals surface area contributed by atoms with Crippen molar-refractivity contribution in [3.05, 3.63) is 39.0 Å². The minimum absolute atomic E-state index is 0.0642. The summed E-state index contributed by atoms with van der Waals surface area (Å²) >= 11 is 1.05. The molecule has 0 saturated carbocycles. The first kappa shape index (κ1) is 16.1. The van der Waals surface area contributed by atoms with E-state index in [0.717, 1.165) is 23.9 Å². The van der Waals surface area contributed by atoms with E-state index in [1.54, 1.807) is 6.26 Å². The summed E-state index contributed by atoms with van der Waals surface area (Å²) in [6, 6.07) is 3.03. The highest BCUT2D eigenvalue weighted by Crippen LogP contribution is 2.34. The summed E-state index contributed by atoms with van der Waals surface area (Å²) in [5, 5.41) is 8.96. The number of hydrogen-bond donors (Lipinski definition) is 1. The smallest absolute Gasteiger partial charge is 0.349 e. The highest BCUT2D eigenvalue weighted by molar-refractivity contribution is 7.98. The fraction of sp³-hybridized carbons (Fsp3) is 0.214. The minimum atomic E-state index is -4.71. The number of hydrogen-bond acceptors (Lipinski definition) is 4. The lowest BCUT2D eigenvalue weighted by Gasteiger charge is -2.12. The Labute approximate surface area is 126 Å². The van der Waals surface area contributed by atoms with Gasteiger partial charge in [0.1, 0.15) is 0 Å². The number of ketones is 1. The van der Waals surface area contributed by atoms with Crippen LogP contribution in [0.5, 0.6) is 0 Å². The van der Waals surface area contributed by atoms with E-state index in [1.807, 2.05) is 0 Å². The number of pyridine rings is 1. The maximum Gasteiger partial charge on any atom is 0.417 e. The summed E-state index contributed by atoms with van der Waals surface area (Å²) in [5.41, 5.74) is -2.65. The van der Waals surface area contributed by atoms with E-state index in [4.69, 9.17) is 5.26 Å². The zero-order chi connectivity index (χ0) is 16.7. The summed E-state index contributed by atoms with van der Waals surface area (Å²) in [5.74, 6) is -0.495. The summed E-state index contributed by atoms with van der Waals surface area (Å²) in [7, 11) is 0. The number of nitriles is 1. The molecule has 0 atom stereocenters. The SMILES string of the molecule is CSc1[nH]c2cc(C(F)(F)F)c(C#N)cc2c(=O)c1C(C)=O. The number of aromatic amines is 1. The molecule has 0 aliphatic carbocycles. The highest BCUT2D eigenvalue weighted by Gasteiger charge is 2.34. The third kappa shape index (κ3) is 2.60. The maximum absolute atomic E-state index is 13.0. The van der Waals surface area contributed by atoms with Gasteiger partial charge in [0.2, 0.25) is 5.43 Å². The van der Waals surface area contributed by atoms with Gasteiger partial charge in [0.05, 0.1) is 33.3 Å². The van der Waals surface area contributed by atoms with Crippen LogP contribution in [0.3, 0.4) is 0 Å². The largest absolute Gasteiger partial charge is 0.417 e. The molecule has 2 rings (SSSR count). The molecule has 1 aromatic heterocycles. The monoisotopic (exact) mass is 326 g/mol. The van der Waals surface area contributed by atoms with Crippen molar-refractivity contribution in [2.75, 3.05) is 6.26 Å². The van der Waals surface area contributed by atoms with Crippen LogP contribution in [0.4, 0.5) is 13.2 Å². The van der Waals surface area contributed by atoms with Crippen molar-refractivity contribution in [3.8, 4) is 6.07 Å². The van der Waals surface area contributed by atoms with Crippen molar-refractivity contribution in [1.29, 1.82) is 5.26 Å². The third-order valence-electron chi connectivity index (χ3n) is 3.09. The van der Waals surface area contributed by atoms with Crippen LogP contribution in [0.2, 0.25) is 0 Å². The van der Waals surface area contributed by atoms with Gasteiger partial charge in [-0.2, -0.15) is 18.4 Å². The van der Waals surface area contributed by atoms with Gasteiger partial charge in [0.15, 0.2) is 5.78 Å². The Morgan fingerprint density at radius 3 is 2.45 bits per heavy atom.